The van der Waals surface area contributed by atoms with E-state index in [0.29, 0.717) is 5.69 Å². The van der Waals surface area contributed by atoms with Gasteiger partial charge in [-0.05, 0) is 25.0 Å². The van der Waals surface area contributed by atoms with Gasteiger partial charge >= 0.3 is 0 Å². The molecular weight excluding hydrogens is 262 g/mol. The number of hydrogen-bond acceptors (Lipinski definition) is 5. The molecular formula is C13H15N3O2S. The van der Waals surface area contributed by atoms with Gasteiger partial charge in [0.05, 0.1) is 11.0 Å². The highest BCUT2D eigenvalue weighted by molar-refractivity contribution is 7.09. The molecule has 0 aliphatic heterocycles. The Kier molecular flexibility index (Phi) is 4.11. The monoisotopic (exact) mass is 277 g/mol. The topological polar surface area (TPSA) is 68.1 Å². The number of nitro groups is 1. The number of nitrogens with one attached hydrogen (secondary N) is 1. The SMILES string of the molecule is CCC(Nc1cc(C)ccc1[N+](=O)[O-])c1nccs1. The van der Waals surface area contributed by atoms with E-state index in [-0.39, 0.29) is 16.7 Å². The van der Waals surface area contributed by atoms with Crippen LogP contribution in [-0.2, 0) is 0 Å². The molecule has 19 heavy (non-hydrogen) atoms. The van der Waals surface area contributed by atoms with Crippen LogP contribution < -0.4 is 5.32 Å². The molecule has 2 aromatic rings. The molecule has 1 heterocycles. The Labute approximate surface area is 115 Å². The maximum absolute atomic E-state index is 11.0. The van der Waals surface area contributed by atoms with Gasteiger partial charge < -0.3 is 5.32 Å². The highest BCUT2D eigenvalue weighted by Gasteiger charge is 2.18. The fourth-order valence-corrected chi connectivity index (χ4v) is 2.63. The summed E-state index contributed by atoms with van der Waals surface area (Å²) in [5.41, 5.74) is 1.63. The predicted octanol–water partition coefficient (Wildman–Crippen LogP) is 3.92. The number of hydrogen-bond donors (Lipinski definition) is 1. The molecule has 2 rings (SSSR count). The molecule has 5 nitrogen and oxygen atoms in total. The third-order valence-corrected chi connectivity index (χ3v) is 3.73. The van der Waals surface area contributed by atoms with Crippen molar-refractivity contribution in [2.45, 2.75) is 26.3 Å². The van der Waals surface area contributed by atoms with Crippen molar-refractivity contribution in [2.24, 2.45) is 0 Å². The largest absolute Gasteiger partial charge is 0.370 e. The minimum Gasteiger partial charge on any atom is -0.370 e. The van der Waals surface area contributed by atoms with Crippen LogP contribution in [0.4, 0.5) is 11.4 Å². The zero-order valence-corrected chi connectivity index (χ0v) is 11.6. The highest BCUT2D eigenvalue weighted by Crippen LogP contribution is 2.31. The molecule has 6 heteroatoms. The lowest BCUT2D eigenvalue weighted by Crippen LogP contribution is -2.10. The molecule has 1 aromatic heterocycles. The Morgan fingerprint density at radius 2 is 2.32 bits per heavy atom. The number of aryl methyl sites for hydroxylation is 1. The summed E-state index contributed by atoms with van der Waals surface area (Å²) in [6.07, 6.45) is 2.56. The Bertz CT molecular complexity index is 569. The van der Waals surface area contributed by atoms with Gasteiger partial charge in [0.2, 0.25) is 0 Å². The Hall–Kier alpha value is -1.95. The molecule has 0 aliphatic rings. The Morgan fingerprint density at radius 3 is 2.89 bits per heavy atom. The van der Waals surface area contributed by atoms with Crippen molar-refractivity contribution in [3.63, 3.8) is 0 Å². The molecule has 0 bridgehead atoms. The second kappa shape index (κ2) is 5.79. The summed E-state index contributed by atoms with van der Waals surface area (Å²) in [6, 6.07) is 5.08. The van der Waals surface area contributed by atoms with Crippen LogP contribution in [-0.4, -0.2) is 9.91 Å². The predicted molar refractivity (Wildman–Crippen MR) is 76.6 cm³/mol. The first-order valence-corrected chi connectivity index (χ1v) is 6.90. The van der Waals surface area contributed by atoms with Crippen LogP contribution in [0.1, 0.15) is 30.0 Å². The van der Waals surface area contributed by atoms with E-state index >= 15 is 0 Å². The number of nitrogens with zero attached hydrogens (tertiary/aromatic N) is 2. The normalized spacial score (nSPS) is 12.1. The van der Waals surface area contributed by atoms with E-state index in [2.05, 4.69) is 10.3 Å². The van der Waals surface area contributed by atoms with Crippen molar-refractivity contribution >= 4 is 22.7 Å². The second-order valence-electron chi connectivity index (χ2n) is 4.25. The summed E-state index contributed by atoms with van der Waals surface area (Å²) in [5.74, 6) is 0. The summed E-state index contributed by atoms with van der Waals surface area (Å²) < 4.78 is 0. The lowest BCUT2D eigenvalue weighted by Gasteiger charge is -2.16. The number of benzene rings is 1. The van der Waals surface area contributed by atoms with Crippen molar-refractivity contribution in [3.05, 3.63) is 50.5 Å². The number of nitro benzene ring substituents is 1. The summed E-state index contributed by atoms with van der Waals surface area (Å²) in [6.45, 7) is 3.94. The molecule has 0 fully saturated rings. The van der Waals surface area contributed by atoms with Gasteiger partial charge in [-0.2, -0.15) is 0 Å². The maximum atomic E-state index is 11.0. The second-order valence-corrected chi connectivity index (χ2v) is 5.18. The van der Waals surface area contributed by atoms with Crippen LogP contribution in [0.3, 0.4) is 0 Å². The van der Waals surface area contributed by atoms with E-state index in [1.165, 1.54) is 6.07 Å². The molecule has 0 spiro atoms. The van der Waals surface area contributed by atoms with Crippen molar-refractivity contribution in [1.82, 2.24) is 4.98 Å². The lowest BCUT2D eigenvalue weighted by atomic mass is 10.1. The molecule has 1 N–H and O–H groups in total. The van der Waals surface area contributed by atoms with Crippen molar-refractivity contribution in [3.8, 4) is 0 Å². The van der Waals surface area contributed by atoms with Crippen molar-refractivity contribution in [2.75, 3.05) is 5.32 Å². The van der Waals surface area contributed by atoms with Gasteiger partial charge in [-0.25, -0.2) is 4.98 Å². The number of rotatable bonds is 5. The first kappa shape index (κ1) is 13.5. The summed E-state index contributed by atoms with van der Waals surface area (Å²) in [7, 11) is 0. The fourth-order valence-electron chi connectivity index (χ4n) is 1.86. The standard InChI is InChI=1S/C13H15N3O2S/c1-3-10(13-14-6-7-19-13)15-11-8-9(2)4-5-12(11)16(17)18/h4-8,10,15H,3H2,1-2H3. The van der Waals surface area contributed by atoms with Crippen LogP contribution in [0.5, 0.6) is 0 Å². The summed E-state index contributed by atoms with van der Waals surface area (Å²) in [5, 5.41) is 17.1. The molecule has 0 aliphatic carbocycles. The minimum absolute atomic E-state index is 0.000463. The highest BCUT2D eigenvalue weighted by atomic mass is 32.1. The third-order valence-electron chi connectivity index (χ3n) is 2.84. The number of anilines is 1. The van der Waals surface area contributed by atoms with E-state index in [4.69, 9.17) is 0 Å². The molecule has 0 amide bonds. The number of thiazole rings is 1. The van der Waals surface area contributed by atoms with E-state index < -0.39 is 0 Å². The molecule has 0 saturated heterocycles. The quantitative estimate of drug-likeness (QED) is 0.664. The van der Waals surface area contributed by atoms with Crippen molar-refractivity contribution < 1.29 is 4.92 Å². The average molecular weight is 277 g/mol. The van der Waals surface area contributed by atoms with Crippen LogP contribution in [0.15, 0.2) is 29.8 Å². The van der Waals surface area contributed by atoms with Crippen LogP contribution in [0.2, 0.25) is 0 Å². The maximum Gasteiger partial charge on any atom is 0.292 e. The first-order valence-electron chi connectivity index (χ1n) is 6.02. The van der Waals surface area contributed by atoms with Gasteiger partial charge in [-0.3, -0.25) is 10.1 Å². The van der Waals surface area contributed by atoms with Gasteiger partial charge in [-0.1, -0.05) is 13.0 Å². The van der Waals surface area contributed by atoms with Gasteiger partial charge in [0.15, 0.2) is 0 Å². The van der Waals surface area contributed by atoms with Crippen LogP contribution in [0, 0.1) is 17.0 Å². The zero-order chi connectivity index (χ0) is 13.8. The molecule has 0 radical (unpaired) electrons. The Balaban J connectivity index is 2.31. The van der Waals surface area contributed by atoms with Crippen LogP contribution >= 0.6 is 11.3 Å². The smallest absolute Gasteiger partial charge is 0.292 e. The van der Waals surface area contributed by atoms with Gasteiger partial charge in [0.1, 0.15) is 10.7 Å². The third kappa shape index (κ3) is 3.08. The van der Waals surface area contributed by atoms with E-state index in [1.807, 2.05) is 19.2 Å². The van der Waals surface area contributed by atoms with Gasteiger partial charge in [0, 0.05) is 17.6 Å². The molecule has 1 unspecified atom stereocenters. The first-order chi connectivity index (χ1) is 9.11. The molecule has 0 saturated carbocycles. The zero-order valence-electron chi connectivity index (χ0n) is 10.8. The van der Waals surface area contributed by atoms with Crippen molar-refractivity contribution in [1.29, 1.82) is 0 Å². The lowest BCUT2D eigenvalue weighted by molar-refractivity contribution is -0.384. The van der Waals surface area contributed by atoms with Gasteiger partial charge in [0.25, 0.3) is 5.69 Å². The van der Waals surface area contributed by atoms with Gasteiger partial charge in [-0.15, -0.1) is 11.3 Å². The van der Waals surface area contributed by atoms with E-state index in [9.17, 15) is 10.1 Å². The molecule has 100 valence electrons. The molecule has 1 atom stereocenters. The Morgan fingerprint density at radius 1 is 1.53 bits per heavy atom. The van der Waals surface area contributed by atoms with E-state index in [1.54, 1.807) is 29.7 Å². The summed E-state index contributed by atoms with van der Waals surface area (Å²) in [4.78, 5) is 14.9. The number of aromatic nitrogens is 1. The molecule has 1 aromatic carbocycles. The van der Waals surface area contributed by atoms with Crippen LogP contribution in [0.25, 0.3) is 0 Å². The summed E-state index contributed by atoms with van der Waals surface area (Å²) >= 11 is 1.55. The average Bonchev–Trinajstić information content (AvgIpc) is 2.89. The van der Waals surface area contributed by atoms with E-state index in [0.717, 1.165) is 17.0 Å². The minimum atomic E-state index is -0.365. The fraction of sp³-hybridized carbons (Fsp3) is 0.308.